The van der Waals surface area contributed by atoms with Gasteiger partial charge in [0.15, 0.2) is 5.11 Å². The molecule has 4 heteroatoms. The SMILES string of the molecule is NC(=S)NCCCOc1ccccc1. The number of hydrogen-bond donors (Lipinski definition) is 2. The van der Waals surface area contributed by atoms with Crippen LogP contribution in [-0.4, -0.2) is 18.3 Å². The summed E-state index contributed by atoms with van der Waals surface area (Å²) in [5, 5.41) is 3.20. The van der Waals surface area contributed by atoms with Crippen molar-refractivity contribution in [1.29, 1.82) is 0 Å². The summed E-state index contributed by atoms with van der Waals surface area (Å²) in [5.41, 5.74) is 5.27. The summed E-state index contributed by atoms with van der Waals surface area (Å²) in [7, 11) is 0. The first-order valence-electron chi connectivity index (χ1n) is 4.50. The van der Waals surface area contributed by atoms with E-state index in [1.807, 2.05) is 30.3 Å². The minimum absolute atomic E-state index is 0.338. The predicted molar refractivity (Wildman–Crippen MR) is 61.3 cm³/mol. The smallest absolute Gasteiger partial charge is 0.163 e. The molecule has 0 aliphatic heterocycles. The summed E-state index contributed by atoms with van der Waals surface area (Å²) in [6, 6.07) is 9.72. The lowest BCUT2D eigenvalue weighted by molar-refractivity contribution is 0.311. The van der Waals surface area contributed by atoms with E-state index >= 15 is 0 Å². The van der Waals surface area contributed by atoms with Crippen LogP contribution in [0.15, 0.2) is 30.3 Å². The van der Waals surface area contributed by atoms with Crippen molar-refractivity contribution in [2.24, 2.45) is 5.73 Å². The molecule has 1 rings (SSSR count). The normalized spacial score (nSPS) is 9.43. The second-order valence-electron chi connectivity index (χ2n) is 2.81. The van der Waals surface area contributed by atoms with E-state index in [0.29, 0.717) is 11.7 Å². The molecular weight excluding hydrogens is 196 g/mol. The fourth-order valence-corrected chi connectivity index (χ4v) is 1.09. The molecule has 0 aromatic heterocycles. The lowest BCUT2D eigenvalue weighted by Gasteiger charge is -2.06. The molecule has 3 N–H and O–H groups in total. The molecule has 1 aromatic carbocycles. The van der Waals surface area contributed by atoms with Crippen molar-refractivity contribution < 1.29 is 4.74 Å². The van der Waals surface area contributed by atoms with Crippen LogP contribution in [0.5, 0.6) is 5.75 Å². The number of benzene rings is 1. The maximum atomic E-state index is 5.46. The van der Waals surface area contributed by atoms with Crippen molar-refractivity contribution in [3.8, 4) is 5.75 Å². The van der Waals surface area contributed by atoms with Crippen LogP contribution in [0, 0.1) is 0 Å². The molecule has 76 valence electrons. The van der Waals surface area contributed by atoms with Gasteiger partial charge in [0.25, 0.3) is 0 Å². The molecule has 1 aromatic rings. The van der Waals surface area contributed by atoms with E-state index < -0.39 is 0 Å². The highest BCUT2D eigenvalue weighted by atomic mass is 32.1. The van der Waals surface area contributed by atoms with Gasteiger partial charge in [0.1, 0.15) is 5.75 Å². The van der Waals surface area contributed by atoms with Gasteiger partial charge in [-0.05, 0) is 30.8 Å². The Hall–Kier alpha value is -1.29. The van der Waals surface area contributed by atoms with Gasteiger partial charge in [-0.1, -0.05) is 18.2 Å². The zero-order chi connectivity index (χ0) is 10.2. The number of nitrogens with two attached hydrogens (primary N) is 1. The van der Waals surface area contributed by atoms with Gasteiger partial charge in [0.05, 0.1) is 6.61 Å². The zero-order valence-corrected chi connectivity index (χ0v) is 8.72. The van der Waals surface area contributed by atoms with E-state index in [2.05, 4.69) is 17.5 Å². The summed E-state index contributed by atoms with van der Waals surface area (Å²) in [6.07, 6.45) is 0.881. The first kappa shape index (κ1) is 10.8. The van der Waals surface area contributed by atoms with Gasteiger partial charge in [0.2, 0.25) is 0 Å². The van der Waals surface area contributed by atoms with Crippen molar-refractivity contribution in [3.63, 3.8) is 0 Å². The zero-order valence-electron chi connectivity index (χ0n) is 7.90. The molecule has 0 spiro atoms. The Labute approximate surface area is 89.3 Å². The van der Waals surface area contributed by atoms with Gasteiger partial charge in [-0.25, -0.2) is 0 Å². The maximum absolute atomic E-state index is 5.46. The van der Waals surface area contributed by atoms with Crippen molar-refractivity contribution in [1.82, 2.24) is 5.32 Å². The highest BCUT2D eigenvalue weighted by molar-refractivity contribution is 7.80. The van der Waals surface area contributed by atoms with Gasteiger partial charge in [0, 0.05) is 6.54 Å². The topological polar surface area (TPSA) is 47.3 Å². The third kappa shape index (κ3) is 4.67. The molecule has 0 amide bonds. The highest BCUT2D eigenvalue weighted by Crippen LogP contribution is 2.07. The molecule has 0 atom stereocenters. The fraction of sp³-hybridized carbons (Fsp3) is 0.300. The van der Waals surface area contributed by atoms with Crippen LogP contribution in [0.2, 0.25) is 0 Å². The van der Waals surface area contributed by atoms with Crippen LogP contribution < -0.4 is 15.8 Å². The summed E-state index contributed by atoms with van der Waals surface area (Å²) in [6.45, 7) is 1.42. The van der Waals surface area contributed by atoms with Crippen LogP contribution in [0.25, 0.3) is 0 Å². The lowest BCUT2D eigenvalue weighted by atomic mass is 10.3. The molecule has 0 aliphatic rings. The molecule has 0 radical (unpaired) electrons. The Morgan fingerprint density at radius 3 is 2.71 bits per heavy atom. The van der Waals surface area contributed by atoms with Gasteiger partial charge in [-0.2, -0.15) is 0 Å². The van der Waals surface area contributed by atoms with E-state index in [4.69, 9.17) is 10.5 Å². The van der Waals surface area contributed by atoms with Gasteiger partial charge < -0.3 is 15.8 Å². The number of thiocarbonyl (C=S) groups is 1. The Bertz CT molecular complexity index is 277. The number of nitrogens with one attached hydrogen (secondary N) is 1. The lowest BCUT2D eigenvalue weighted by Crippen LogP contribution is -2.30. The van der Waals surface area contributed by atoms with Gasteiger partial charge >= 0.3 is 0 Å². The standard InChI is InChI=1S/C10H14N2OS/c11-10(14)12-7-4-8-13-9-5-2-1-3-6-9/h1-3,5-6H,4,7-8H2,(H3,11,12,14). The number of rotatable bonds is 5. The number of hydrogen-bond acceptors (Lipinski definition) is 2. The Balaban J connectivity index is 2.08. The van der Waals surface area contributed by atoms with E-state index in [1.165, 1.54) is 0 Å². The molecule has 0 saturated heterocycles. The second-order valence-corrected chi connectivity index (χ2v) is 3.25. The predicted octanol–water partition coefficient (Wildman–Crippen LogP) is 1.29. The van der Waals surface area contributed by atoms with Crippen molar-refractivity contribution in [2.45, 2.75) is 6.42 Å². The van der Waals surface area contributed by atoms with E-state index in [9.17, 15) is 0 Å². The van der Waals surface area contributed by atoms with Crippen LogP contribution in [0.1, 0.15) is 6.42 Å². The molecule has 0 aliphatic carbocycles. The van der Waals surface area contributed by atoms with Crippen LogP contribution in [-0.2, 0) is 0 Å². The van der Waals surface area contributed by atoms with E-state index in [-0.39, 0.29) is 0 Å². The summed E-state index contributed by atoms with van der Waals surface area (Å²) in [5.74, 6) is 0.892. The van der Waals surface area contributed by atoms with Gasteiger partial charge in [-0.3, -0.25) is 0 Å². The van der Waals surface area contributed by atoms with Crippen LogP contribution in [0.3, 0.4) is 0 Å². The highest BCUT2D eigenvalue weighted by Gasteiger charge is 1.91. The first-order valence-corrected chi connectivity index (χ1v) is 4.91. The van der Waals surface area contributed by atoms with Crippen LogP contribution >= 0.6 is 12.2 Å². The van der Waals surface area contributed by atoms with Gasteiger partial charge in [-0.15, -0.1) is 0 Å². The quantitative estimate of drug-likeness (QED) is 0.568. The fourth-order valence-electron chi connectivity index (χ4n) is 0.990. The third-order valence-electron chi connectivity index (χ3n) is 1.63. The maximum Gasteiger partial charge on any atom is 0.163 e. The molecule has 0 saturated carbocycles. The molecule has 0 unspecified atom stereocenters. The summed E-state index contributed by atoms with van der Waals surface area (Å²) in [4.78, 5) is 0. The Morgan fingerprint density at radius 1 is 1.36 bits per heavy atom. The molecule has 0 fully saturated rings. The molecule has 0 bridgehead atoms. The van der Waals surface area contributed by atoms with E-state index in [1.54, 1.807) is 0 Å². The largest absolute Gasteiger partial charge is 0.494 e. The van der Waals surface area contributed by atoms with E-state index in [0.717, 1.165) is 18.7 Å². The first-order chi connectivity index (χ1) is 6.79. The number of para-hydroxylation sites is 1. The minimum atomic E-state index is 0.338. The molecule has 3 nitrogen and oxygen atoms in total. The number of ether oxygens (including phenoxy) is 1. The Morgan fingerprint density at radius 2 is 2.07 bits per heavy atom. The van der Waals surface area contributed by atoms with Crippen LogP contribution in [0.4, 0.5) is 0 Å². The average Bonchev–Trinajstić information content (AvgIpc) is 2.18. The second kappa shape index (κ2) is 6.21. The Kier molecular flexibility index (Phi) is 4.78. The summed E-state index contributed by atoms with van der Waals surface area (Å²) >= 11 is 4.66. The minimum Gasteiger partial charge on any atom is -0.494 e. The van der Waals surface area contributed by atoms with Crippen molar-refractivity contribution in [3.05, 3.63) is 30.3 Å². The molecule has 0 heterocycles. The van der Waals surface area contributed by atoms with Crippen molar-refractivity contribution in [2.75, 3.05) is 13.2 Å². The third-order valence-corrected chi connectivity index (χ3v) is 1.78. The summed E-state index contributed by atoms with van der Waals surface area (Å²) < 4.78 is 5.46. The van der Waals surface area contributed by atoms with Crippen molar-refractivity contribution >= 4 is 17.3 Å². The molecule has 14 heavy (non-hydrogen) atoms. The molecular formula is C10H14N2OS. The average molecular weight is 210 g/mol. The monoisotopic (exact) mass is 210 g/mol.